The summed E-state index contributed by atoms with van der Waals surface area (Å²) < 4.78 is 53.0. The van der Waals surface area contributed by atoms with Gasteiger partial charge in [-0.15, -0.1) is 16.4 Å². The minimum Gasteiger partial charge on any atom is -0.497 e. The minimum absolute atomic E-state index is 0.0925. The third kappa shape index (κ3) is 3.61. The van der Waals surface area contributed by atoms with Gasteiger partial charge in [0.05, 0.1) is 19.9 Å². The number of hydrogen-bond donors (Lipinski definition) is 1. The number of halogens is 1. The topological polar surface area (TPSA) is 94.8 Å². The summed E-state index contributed by atoms with van der Waals surface area (Å²) >= 11 is 1.29. The van der Waals surface area contributed by atoms with Crippen molar-refractivity contribution in [3.8, 4) is 22.8 Å². The summed E-state index contributed by atoms with van der Waals surface area (Å²) in [5.41, 5.74) is 1.40. The molecule has 0 aliphatic heterocycles. The van der Waals surface area contributed by atoms with Crippen LogP contribution in [0.1, 0.15) is 0 Å². The van der Waals surface area contributed by atoms with Gasteiger partial charge in [-0.2, -0.15) is 4.98 Å². The lowest BCUT2D eigenvalue weighted by atomic mass is 10.2. The van der Waals surface area contributed by atoms with Crippen LogP contribution in [0.5, 0.6) is 11.5 Å². The number of ether oxygens (including phenoxy) is 2. The molecule has 29 heavy (non-hydrogen) atoms. The van der Waals surface area contributed by atoms with Crippen LogP contribution < -0.4 is 14.2 Å². The third-order valence-electron chi connectivity index (χ3n) is 4.11. The molecule has 2 aromatic heterocycles. The van der Waals surface area contributed by atoms with E-state index in [1.54, 1.807) is 18.2 Å². The van der Waals surface area contributed by atoms with Crippen LogP contribution in [0.15, 0.2) is 52.7 Å². The van der Waals surface area contributed by atoms with E-state index in [0.29, 0.717) is 16.4 Å². The number of aromatic nitrogens is 3. The SMILES string of the molecule is COc1ccc(OC)c(S(=O)(=O)Nc2nc3scc(-c4ccc(F)cc4)n3n2)c1. The van der Waals surface area contributed by atoms with Crippen molar-refractivity contribution in [2.75, 3.05) is 18.9 Å². The van der Waals surface area contributed by atoms with Crippen LogP contribution in [-0.2, 0) is 10.0 Å². The molecule has 11 heteroatoms. The summed E-state index contributed by atoms with van der Waals surface area (Å²) in [7, 11) is -1.22. The Morgan fingerprint density at radius 2 is 1.86 bits per heavy atom. The van der Waals surface area contributed by atoms with Gasteiger partial charge in [0.1, 0.15) is 22.2 Å². The molecule has 0 spiro atoms. The fourth-order valence-corrected chi connectivity index (χ4v) is 4.67. The highest BCUT2D eigenvalue weighted by Crippen LogP contribution is 2.30. The van der Waals surface area contributed by atoms with Crippen LogP contribution in [0.25, 0.3) is 16.2 Å². The second-order valence-electron chi connectivity index (χ2n) is 5.88. The van der Waals surface area contributed by atoms with Gasteiger partial charge in [-0.25, -0.2) is 22.0 Å². The number of methoxy groups -OCH3 is 2. The summed E-state index contributed by atoms with van der Waals surface area (Å²) in [6, 6.07) is 10.4. The minimum atomic E-state index is -4.04. The summed E-state index contributed by atoms with van der Waals surface area (Å²) in [6.07, 6.45) is 0. The number of fused-ring (bicyclic) bond motifs is 1. The standard InChI is InChI=1S/C18H15FN4O4S2/c1-26-13-7-8-15(27-2)16(9-13)29(24,25)22-17-20-18-23(21-17)14(10-28-18)11-3-5-12(19)6-4-11/h3-10H,1-2H3,(H,21,22). The highest BCUT2D eigenvalue weighted by atomic mass is 32.2. The van der Waals surface area contributed by atoms with Crippen LogP contribution in [0.2, 0.25) is 0 Å². The zero-order valence-corrected chi connectivity index (χ0v) is 16.9. The number of hydrogen-bond acceptors (Lipinski definition) is 7. The summed E-state index contributed by atoms with van der Waals surface area (Å²) in [5, 5.41) is 6.05. The number of nitrogens with one attached hydrogen (secondary N) is 1. The predicted molar refractivity (Wildman–Crippen MR) is 107 cm³/mol. The van der Waals surface area contributed by atoms with Crippen molar-refractivity contribution in [1.29, 1.82) is 0 Å². The van der Waals surface area contributed by atoms with Crippen molar-refractivity contribution in [2.45, 2.75) is 4.90 Å². The molecule has 0 aliphatic rings. The van der Waals surface area contributed by atoms with Crippen LogP contribution in [0.4, 0.5) is 10.3 Å². The van der Waals surface area contributed by atoms with E-state index >= 15 is 0 Å². The number of anilines is 1. The molecule has 0 fully saturated rings. The van der Waals surface area contributed by atoms with E-state index in [1.807, 2.05) is 5.38 Å². The number of rotatable bonds is 6. The molecule has 2 heterocycles. The lowest BCUT2D eigenvalue weighted by Gasteiger charge is -2.11. The fraction of sp³-hybridized carbons (Fsp3) is 0.111. The van der Waals surface area contributed by atoms with Gasteiger partial charge in [0.15, 0.2) is 0 Å². The fourth-order valence-electron chi connectivity index (χ4n) is 2.71. The van der Waals surface area contributed by atoms with Crippen molar-refractivity contribution >= 4 is 32.3 Å². The van der Waals surface area contributed by atoms with Crippen LogP contribution in [0.3, 0.4) is 0 Å². The maximum Gasteiger partial charge on any atom is 0.268 e. The van der Waals surface area contributed by atoms with E-state index in [1.165, 1.54) is 54.3 Å². The quantitative estimate of drug-likeness (QED) is 0.500. The Bertz CT molecular complexity index is 1280. The Balaban J connectivity index is 1.70. The average Bonchev–Trinajstić information content (AvgIpc) is 3.28. The molecule has 0 amide bonds. The van der Waals surface area contributed by atoms with Gasteiger partial charge >= 0.3 is 0 Å². The highest BCUT2D eigenvalue weighted by molar-refractivity contribution is 7.92. The summed E-state index contributed by atoms with van der Waals surface area (Å²) in [5.74, 6) is 0.0828. The molecule has 0 atom stereocenters. The van der Waals surface area contributed by atoms with Crippen LogP contribution in [-0.4, -0.2) is 37.2 Å². The van der Waals surface area contributed by atoms with E-state index in [2.05, 4.69) is 14.8 Å². The first kappa shape index (κ1) is 19.2. The van der Waals surface area contributed by atoms with Gasteiger partial charge in [0, 0.05) is 17.0 Å². The Hall–Kier alpha value is -3.18. The average molecular weight is 434 g/mol. The van der Waals surface area contributed by atoms with Gasteiger partial charge in [-0.3, -0.25) is 0 Å². The molecular weight excluding hydrogens is 419 g/mol. The molecule has 2 aromatic carbocycles. The zero-order chi connectivity index (χ0) is 20.6. The molecular formula is C18H15FN4O4S2. The number of thiazole rings is 1. The van der Waals surface area contributed by atoms with E-state index in [9.17, 15) is 12.8 Å². The summed E-state index contributed by atoms with van der Waals surface area (Å²) in [6.45, 7) is 0. The van der Waals surface area contributed by atoms with Crippen molar-refractivity contribution in [3.05, 3.63) is 53.7 Å². The monoisotopic (exact) mass is 434 g/mol. The molecule has 4 aromatic rings. The van der Waals surface area contributed by atoms with E-state index in [-0.39, 0.29) is 22.4 Å². The second kappa shape index (κ2) is 7.33. The van der Waals surface area contributed by atoms with Crippen LogP contribution >= 0.6 is 11.3 Å². The molecule has 0 bridgehead atoms. The van der Waals surface area contributed by atoms with E-state index in [4.69, 9.17) is 9.47 Å². The maximum absolute atomic E-state index is 13.2. The van der Waals surface area contributed by atoms with Gasteiger partial charge in [-0.1, -0.05) is 0 Å². The largest absolute Gasteiger partial charge is 0.497 e. The molecule has 0 unspecified atom stereocenters. The lowest BCUT2D eigenvalue weighted by molar-refractivity contribution is 0.392. The predicted octanol–water partition coefficient (Wildman–Crippen LogP) is 3.41. The molecule has 150 valence electrons. The number of benzene rings is 2. The van der Waals surface area contributed by atoms with Crippen molar-refractivity contribution in [1.82, 2.24) is 14.6 Å². The van der Waals surface area contributed by atoms with Gasteiger partial charge in [-0.05, 0) is 36.4 Å². The Labute approximate surface area is 169 Å². The Kier molecular flexibility index (Phi) is 4.84. The summed E-state index contributed by atoms with van der Waals surface area (Å²) in [4.78, 5) is 4.60. The maximum atomic E-state index is 13.2. The van der Waals surface area contributed by atoms with E-state index < -0.39 is 10.0 Å². The third-order valence-corrected chi connectivity index (χ3v) is 6.27. The van der Waals surface area contributed by atoms with Gasteiger partial charge in [0.25, 0.3) is 16.0 Å². The number of nitrogens with zero attached hydrogens (tertiary/aromatic N) is 3. The Morgan fingerprint density at radius 3 is 2.55 bits per heavy atom. The molecule has 0 radical (unpaired) electrons. The van der Waals surface area contributed by atoms with E-state index in [0.717, 1.165) is 5.56 Å². The molecule has 8 nitrogen and oxygen atoms in total. The van der Waals surface area contributed by atoms with Crippen molar-refractivity contribution in [2.24, 2.45) is 0 Å². The highest BCUT2D eigenvalue weighted by Gasteiger charge is 2.23. The zero-order valence-electron chi connectivity index (χ0n) is 15.3. The first-order chi connectivity index (χ1) is 13.9. The molecule has 0 saturated carbocycles. The number of sulfonamides is 1. The van der Waals surface area contributed by atoms with Crippen LogP contribution in [0, 0.1) is 5.82 Å². The Morgan fingerprint density at radius 1 is 1.10 bits per heavy atom. The lowest BCUT2D eigenvalue weighted by Crippen LogP contribution is -2.15. The molecule has 4 rings (SSSR count). The first-order valence-electron chi connectivity index (χ1n) is 8.26. The molecule has 0 aliphatic carbocycles. The van der Waals surface area contributed by atoms with Crippen molar-refractivity contribution < 1.29 is 22.3 Å². The second-order valence-corrected chi connectivity index (χ2v) is 8.37. The smallest absolute Gasteiger partial charge is 0.268 e. The van der Waals surface area contributed by atoms with Gasteiger partial charge in [0.2, 0.25) is 4.96 Å². The first-order valence-corrected chi connectivity index (χ1v) is 10.6. The molecule has 1 N–H and O–H groups in total. The van der Waals surface area contributed by atoms with Crippen molar-refractivity contribution in [3.63, 3.8) is 0 Å². The van der Waals surface area contributed by atoms with Gasteiger partial charge < -0.3 is 9.47 Å². The molecule has 0 saturated heterocycles. The normalized spacial score (nSPS) is 11.6.